The molecule has 1 heterocycles. The van der Waals surface area contributed by atoms with Gasteiger partial charge in [0.2, 0.25) is 11.8 Å². The van der Waals surface area contributed by atoms with Crippen molar-refractivity contribution < 1.29 is 52.5 Å². The number of hydrogen-bond acceptors (Lipinski definition) is 12. The minimum atomic E-state index is -0.469. The topological polar surface area (TPSA) is 159 Å². The average Bonchev–Trinajstić information content (AvgIpc) is 3.33. The summed E-state index contributed by atoms with van der Waals surface area (Å²) in [6.45, 7) is 10.8. The molecule has 14 nitrogen and oxygen atoms in total. The molecule has 0 saturated carbocycles. The summed E-state index contributed by atoms with van der Waals surface area (Å²) in [5.74, 6) is -0.902. The Bertz CT molecular complexity index is 906. The molecule has 1 aliphatic rings. The molecular weight excluding hydrogens is 598 g/mol. The number of Topliss-reactive ketones (excluding diaryl/α,β-unsaturated/α-hetero) is 1. The van der Waals surface area contributed by atoms with Crippen LogP contribution in [-0.4, -0.2) is 142 Å². The Kier molecular flexibility index (Phi) is 20.1. The van der Waals surface area contributed by atoms with E-state index in [0.29, 0.717) is 65.8 Å². The normalized spacial score (nSPS) is 15.7. The van der Waals surface area contributed by atoms with Gasteiger partial charge in [-0.1, -0.05) is 13.8 Å². The van der Waals surface area contributed by atoms with Crippen LogP contribution in [0.3, 0.4) is 0 Å². The van der Waals surface area contributed by atoms with E-state index in [1.165, 1.54) is 35.8 Å². The molecule has 3 amide bonds. The number of likely N-dealkylation sites (N-methyl/N-ethyl adjacent to an activating group) is 1. The predicted octanol–water partition coefficient (Wildman–Crippen LogP) is 0.993. The minimum absolute atomic E-state index is 0.0692. The average molecular weight is 650 g/mol. The van der Waals surface area contributed by atoms with Crippen molar-refractivity contribution in [2.24, 2.45) is 0 Å². The molecule has 0 aromatic heterocycles. The van der Waals surface area contributed by atoms with Crippen LogP contribution >= 0.6 is 11.8 Å². The van der Waals surface area contributed by atoms with Crippen molar-refractivity contribution in [3.63, 3.8) is 0 Å². The lowest BCUT2D eigenvalue weighted by molar-refractivity contribution is -0.162. The summed E-state index contributed by atoms with van der Waals surface area (Å²) < 4.78 is 25.6. The zero-order valence-corrected chi connectivity index (χ0v) is 27.9. The van der Waals surface area contributed by atoms with Gasteiger partial charge in [0.25, 0.3) is 5.91 Å². The number of rotatable bonds is 25. The van der Waals surface area contributed by atoms with Crippen LogP contribution in [0.1, 0.15) is 53.4 Å². The number of esters is 1. The highest BCUT2D eigenvalue weighted by atomic mass is 32.2. The number of ketones is 1. The first kappa shape index (κ1) is 39.7. The van der Waals surface area contributed by atoms with Crippen molar-refractivity contribution in [1.82, 2.24) is 15.3 Å². The molecule has 0 aromatic carbocycles. The van der Waals surface area contributed by atoms with Crippen molar-refractivity contribution in [3.8, 4) is 0 Å². The van der Waals surface area contributed by atoms with Gasteiger partial charge in [0.1, 0.15) is 5.25 Å². The van der Waals surface area contributed by atoms with Crippen molar-refractivity contribution >= 4 is 41.2 Å². The van der Waals surface area contributed by atoms with Crippen molar-refractivity contribution in [2.45, 2.75) is 69.4 Å². The molecule has 44 heavy (non-hydrogen) atoms. The lowest BCUT2D eigenvalue weighted by Crippen LogP contribution is -2.40. The van der Waals surface area contributed by atoms with Crippen LogP contribution < -0.4 is 5.32 Å². The zero-order valence-electron chi connectivity index (χ0n) is 27.1. The molecule has 0 aliphatic carbocycles. The van der Waals surface area contributed by atoms with Crippen molar-refractivity contribution in [2.75, 3.05) is 86.7 Å². The predicted molar refractivity (Wildman–Crippen MR) is 163 cm³/mol. The van der Waals surface area contributed by atoms with E-state index in [1.54, 1.807) is 14.0 Å². The van der Waals surface area contributed by atoms with Crippen LogP contribution in [0.15, 0.2) is 0 Å². The van der Waals surface area contributed by atoms with Gasteiger partial charge < -0.3 is 33.9 Å². The lowest BCUT2D eigenvalue weighted by Gasteiger charge is -2.28. The quantitative estimate of drug-likeness (QED) is 0.111. The smallest absolute Gasteiger partial charge is 0.307 e. The van der Waals surface area contributed by atoms with Crippen LogP contribution in [-0.2, 0) is 52.5 Å². The van der Waals surface area contributed by atoms with Gasteiger partial charge in [-0.05, 0) is 20.3 Å². The fourth-order valence-corrected chi connectivity index (χ4v) is 5.14. The van der Waals surface area contributed by atoms with Gasteiger partial charge in [0, 0.05) is 31.2 Å². The SMILES string of the molecule is COC(=O)CCOCCOCCOCCOCCNC(=O)CCN1OCC(SC(C)(C)CCC(=O)N(C)C(C)C(C)=O)C1=O. The van der Waals surface area contributed by atoms with Crippen LogP contribution in [0.4, 0.5) is 0 Å². The fourth-order valence-electron chi connectivity index (χ4n) is 3.80. The maximum Gasteiger partial charge on any atom is 0.307 e. The van der Waals surface area contributed by atoms with E-state index < -0.39 is 11.3 Å². The molecular formula is C29H51N3O11S. The lowest BCUT2D eigenvalue weighted by atomic mass is 10.1. The number of nitrogens with one attached hydrogen (secondary N) is 1. The van der Waals surface area contributed by atoms with Gasteiger partial charge in [0.05, 0.1) is 85.6 Å². The molecule has 254 valence electrons. The van der Waals surface area contributed by atoms with Gasteiger partial charge in [-0.25, -0.2) is 5.06 Å². The summed E-state index contributed by atoms with van der Waals surface area (Å²) in [7, 11) is 2.96. The molecule has 0 aromatic rings. The molecule has 1 fully saturated rings. The zero-order chi connectivity index (χ0) is 33.0. The first-order valence-electron chi connectivity index (χ1n) is 14.9. The number of hydrogen-bond donors (Lipinski definition) is 1. The van der Waals surface area contributed by atoms with E-state index in [4.69, 9.17) is 23.8 Å². The van der Waals surface area contributed by atoms with Gasteiger partial charge in [-0.2, -0.15) is 0 Å². The molecule has 1 aliphatic heterocycles. The van der Waals surface area contributed by atoms with Gasteiger partial charge in [0.15, 0.2) is 5.78 Å². The maximum atomic E-state index is 12.8. The summed E-state index contributed by atoms with van der Waals surface area (Å²) >= 11 is 1.45. The van der Waals surface area contributed by atoms with E-state index in [0.717, 1.165) is 0 Å². The van der Waals surface area contributed by atoms with E-state index in [2.05, 4.69) is 10.1 Å². The van der Waals surface area contributed by atoms with Crippen molar-refractivity contribution in [1.29, 1.82) is 0 Å². The minimum Gasteiger partial charge on any atom is -0.469 e. The first-order chi connectivity index (χ1) is 20.9. The van der Waals surface area contributed by atoms with E-state index in [-0.39, 0.29) is 66.6 Å². The van der Waals surface area contributed by atoms with E-state index in [9.17, 15) is 24.0 Å². The highest BCUT2D eigenvalue weighted by Gasteiger charge is 2.38. The Morgan fingerprint density at radius 1 is 0.977 bits per heavy atom. The standard InChI is InChI=1S/C29H51N3O11S/c1-22(23(2)33)31(5)26(35)7-10-29(3,4)44-24-21-43-32(28(24)37)12-8-25(34)30-11-14-40-16-18-42-20-19-41-17-15-39-13-9-27(36)38-6/h22,24H,7-21H2,1-6H3,(H,30,34). The van der Waals surface area contributed by atoms with Crippen LogP contribution in [0.25, 0.3) is 0 Å². The highest BCUT2D eigenvalue weighted by molar-refractivity contribution is 8.01. The van der Waals surface area contributed by atoms with E-state index in [1.807, 2.05) is 13.8 Å². The number of carbonyl (C=O) groups excluding carboxylic acids is 5. The number of hydroxylamine groups is 2. The highest BCUT2D eigenvalue weighted by Crippen LogP contribution is 2.36. The fraction of sp³-hybridized carbons (Fsp3) is 0.828. The third-order valence-corrected chi connectivity index (χ3v) is 8.24. The molecule has 2 unspecified atom stereocenters. The molecule has 1 saturated heterocycles. The molecule has 15 heteroatoms. The maximum absolute atomic E-state index is 12.8. The van der Waals surface area contributed by atoms with Crippen LogP contribution in [0.2, 0.25) is 0 Å². The molecule has 0 bridgehead atoms. The third-order valence-electron chi connectivity index (χ3n) is 6.77. The summed E-state index contributed by atoms with van der Waals surface area (Å²) in [4.78, 5) is 66.9. The van der Waals surface area contributed by atoms with Gasteiger partial charge in [-0.3, -0.25) is 28.8 Å². The molecule has 1 rings (SSSR count). The van der Waals surface area contributed by atoms with Gasteiger partial charge in [-0.15, -0.1) is 11.8 Å². The van der Waals surface area contributed by atoms with Gasteiger partial charge >= 0.3 is 5.97 Å². The van der Waals surface area contributed by atoms with Crippen molar-refractivity contribution in [3.05, 3.63) is 0 Å². The second-order valence-corrected chi connectivity index (χ2v) is 12.7. The van der Waals surface area contributed by atoms with Crippen LogP contribution in [0, 0.1) is 0 Å². The Morgan fingerprint density at radius 3 is 2.11 bits per heavy atom. The molecule has 2 atom stereocenters. The molecule has 1 N–H and O–H groups in total. The van der Waals surface area contributed by atoms with E-state index >= 15 is 0 Å². The number of amides is 3. The monoisotopic (exact) mass is 649 g/mol. The number of thioether (sulfide) groups is 1. The number of carbonyl (C=O) groups is 5. The third kappa shape index (κ3) is 17.3. The first-order valence-corrected chi connectivity index (χ1v) is 15.8. The Hall–Kier alpha value is -2.30. The number of methoxy groups -OCH3 is 1. The second-order valence-electron chi connectivity index (χ2n) is 10.8. The number of nitrogens with zero attached hydrogens (tertiary/aromatic N) is 2. The second kappa shape index (κ2) is 22.2. The summed E-state index contributed by atoms with van der Waals surface area (Å²) in [6.07, 6.45) is 1.12. The number of ether oxygens (including phenoxy) is 5. The Balaban J connectivity index is 2.08. The summed E-state index contributed by atoms with van der Waals surface area (Å²) in [5.41, 5.74) is 0. The summed E-state index contributed by atoms with van der Waals surface area (Å²) in [6, 6.07) is -0.469. The largest absolute Gasteiger partial charge is 0.469 e. The van der Waals surface area contributed by atoms with Crippen LogP contribution in [0.5, 0.6) is 0 Å². The Labute approximate surface area is 265 Å². The summed E-state index contributed by atoms with van der Waals surface area (Å²) in [5, 5.41) is 3.57. The molecule has 0 radical (unpaired) electrons. The Morgan fingerprint density at radius 2 is 1.55 bits per heavy atom. The molecule has 0 spiro atoms.